The molecule has 42 heavy (non-hydrogen) atoms. The Hall–Kier alpha value is -4.29. The van der Waals surface area contributed by atoms with Crippen molar-refractivity contribution in [2.45, 2.75) is 49.9 Å². The highest BCUT2D eigenvalue weighted by atomic mass is 32.1. The Morgan fingerprint density at radius 2 is 1.52 bits per heavy atom. The zero-order valence-corrected chi connectivity index (χ0v) is 23.8. The topological polar surface area (TPSA) is 173 Å². The number of thiol groups is 1. The summed E-state index contributed by atoms with van der Waals surface area (Å²) < 4.78 is 0. The number of rotatable bonds is 11. The Morgan fingerprint density at radius 1 is 0.929 bits per heavy atom. The maximum Gasteiger partial charge on any atom is 0.327 e. The van der Waals surface area contributed by atoms with Gasteiger partial charge in [0.15, 0.2) is 0 Å². The van der Waals surface area contributed by atoms with Gasteiger partial charge in [0.25, 0.3) is 0 Å². The molecule has 3 heterocycles. The molecule has 2 aromatic heterocycles. The number of carbonyl (C=O) groups excluding carboxylic acids is 3. The van der Waals surface area contributed by atoms with E-state index in [9.17, 15) is 24.3 Å². The lowest BCUT2D eigenvalue weighted by atomic mass is 10.0. The normalized spacial score (nSPS) is 17.2. The van der Waals surface area contributed by atoms with Crippen LogP contribution in [0.15, 0.2) is 60.9 Å². The summed E-state index contributed by atoms with van der Waals surface area (Å²) in [6.07, 6.45) is 5.02. The second-order valence-electron chi connectivity index (χ2n) is 10.6. The lowest BCUT2D eigenvalue weighted by molar-refractivity contribution is -0.144. The monoisotopic (exact) mass is 590 g/mol. The Kier molecular flexibility index (Phi) is 8.83. The Balaban J connectivity index is 1.37. The number of nitrogens with two attached hydrogens (primary N) is 1. The molecule has 1 saturated heterocycles. The van der Waals surface area contributed by atoms with Gasteiger partial charge >= 0.3 is 5.97 Å². The first-order chi connectivity index (χ1) is 20.3. The van der Waals surface area contributed by atoms with Crippen LogP contribution in [0, 0.1) is 0 Å². The number of nitrogens with zero attached hydrogens (tertiary/aromatic N) is 1. The number of carbonyl (C=O) groups is 4. The first kappa shape index (κ1) is 29.2. The van der Waals surface area contributed by atoms with Crippen LogP contribution in [0.3, 0.4) is 0 Å². The number of nitrogens with one attached hydrogen (secondary N) is 4. The van der Waals surface area contributed by atoms with Crippen LogP contribution in [0.25, 0.3) is 21.8 Å². The number of aromatic nitrogens is 2. The van der Waals surface area contributed by atoms with Crippen molar-refractivity contribution >= 4 is 58.1 Å². The fraction of sp³-hybridized carbons (Fsp3) is 0.333. The number of aliphatic carboxylic acids is 1. The summed E-state index contributed by atoms with van der Waals surface area (Å²) in [4.78, 5) is 59.7. The van der Waals surface area contributed by atoms with Crippen LogP contribution in [-0.2, 0) is 32.0 Å². The first-order valence-corrected chi connectivity index (χ1v) is 14.5. The number of carboxylic acid groups (broad SMARTS) is 1. The van der Waals surface area contributed by atoms with Crippen LogP contribution >= 0.6 is 12.6 Å². The van der Waals surface area contributed by atoms with Crippen molar-refractivity contribution in [1.82, 2.24) is 25.5 Å². The number of H-pyrrole nitrogens is 2. The van der Waals surface area contributed by atoms with Gasteiger partial charge in [0.05, 0.1) is 6.04 Å². The third kappa shape index (κ3) is 6.14. The summed E-state index contributed by atoms with van der Waals surface area (Å²) >= 11 is 4.01. The molecule has 0 saturated carbocycles. The van der Waals surface area contributed by atoms with Crippen molar-refractivity contribution < 1.29 is 24.3 Å². The average Bonchev–Trinajstić information content (AvgIpc) is 3.74. The second-order valence-corrected chi connectivity index (χ2v) is 10.9. The molecule has 220 valence electrons. The minimum absolute atomic E-state index is 0.0880. The van der Waals surface area contributed by atoms with E-state index in [0.717, 1.165) is 32.9 Å². The zero-order valence-electron chi connectivity index (χ0n) is 22.9. The smallest absolute Gasteiger partial charge is 0.327 e. The number of carboxylic acids is 1. The number of likely N-dealkylation sites (tertiary alicyclic amines) is 1. The number of amides is 3. The number of hydrogen-bond acceptors (Lipinski definition) is 6. The lowest BCUT2D eigenvalue weighted by Gasteiger charge is -2.30. The Bertz CT molecular complexity index is 1620. The van der Waals surface area contributed by atoms with Crippen molar-refractivity contribution in [1.29, 1.82) is 0 Å². The molecule has 1 fully saturated rings. The molecule has 0 aliphatic carbocycles. The highest BCUT2D eigenvalue weighted by Gasteiger charge is 2.39. The van der Waals surface area contributed by atoms with Gasteiger partial charge in [-0.1, -0.05) is 36.4 Å². The molecule has 4 atom stereocenters. The predicted octanol–water partition coefficient (Wildman–Crippen LogP) is 1.74. The standard InChI is InChI=1S/C30H34N6O5S/c31-21(12-17-14-32-22-8-3-1-6-19(17)22)27(37)34-24(13-18-15-33-23-9-4-2-7-20(18)23)29(39)36-11-5-10-26(36)28(38)35-25(16-42)30(40)41/h1-4,6-9,14-15,21,24-26,32-33,42H,5,10-13,16,31H2,(H,34,37)(H,35,38)(H,40,41). The summed E-state index contributed by atoms with van der Waals surface area (Å²) in [7, 11) is 0. The second kappa shape index (κ2) is 12.7. The summed E-state index contributed by atoms with van der Waals surface area (Å²) in [5.74, 6) is -2.77. The molecule has 4 aromatic rings. The molecule has 4 unspecified atom stereocenters. The van der Waals surface area contributed by atoms with Gasteiger partial charge in [0.2, 0.25) is 17.7 Å². The van der Waals surface area contributed by atoms with Crippen molar-refractivity contribution in [2.75, 3.05) is 12.3 Å². The van der Waals surface area contributed by atoms with Crippen LogP contribution in [0.1, 0.15) is 24.0 Å². The third-order valence-electron chi connectivity index (χ3n) is 7.80. The van der Waals surface area contributed by atoms with Crippen molar-refractivity contribution in [3.8, 4) is 0 Å². The van der Waals surface area contributed by atoms with Gasteiger partial charge in [0.1, 0.15) is 18.1 Å². The summed E-state index contributed by atoms with van der Waals surface area (Å²) in [5.41, 5.74) is 9.91. The highest BCUT2D eigenvalue weighted by molar-refractivity contribution is 7.80. The molecule has 5 rings (SSSR count). The fourth-order valence-corrected chi connectivity index (χ4v) is 5.83. The largest absolute Gasteiger partial charge is 0.480 e. The van der Waals surface area contributed by atoms with Crippen molar-refractivity contribution in [3.63, 3.8) is 0 Å². The number of benzene rings is 2. The SMILES string of the molecule is NC(Cc1c[nH]c2ccccc12)C(=O)NC(Cc1c[nH]c2ccccc12)C(=O)N1CCCC1C(=O)NC(CS)C(=O)O. The molecular weight excluding hydrogens is 556 g/mol. The molecule has 3 amide bonds. The molecular formula is C30H34N6O5S. The predicted molar refractivity (Wildman–Crippen MR) is 162 cm³/mol. The first-order valence-electron chi connectivity index (χ1n) is 13.9. The molecule has 7 N–H and O–H groups in total. The van der Waals surface area contributed by atoms with Crippen molar-refractivity contribution in [2.24, 2.45) is 5.73 Å². The molecule has 1 aliphatic rings. The van der Waals surface area contributed by atoms with E-state index in [-0.39, 0.29) is 18.6 Å². The van der Waals surface area contributed by atoms with E-state index in [1.54, 1.807) is 6.20 Å². The van der Waals surface area contributed by atoms with E-state index in [1.807, 2.05) is 54.7 Å². The van der Waals surface area contributed by atoms with E-state index in [2.05, 4.69) is 33.2 Å². The third-order valence-corrected chi connectivity index (χ3v) is 8.17. The van der Waals surface area contributed by atoms with Gasteiger partial charge in [0, 0.05) is 52.9 Å². The van der Waals surface area contributed by atoms with Crippen LogP contribution in [-0.4, -0.2) is 80.1 Å². The van der Waals surface area contributed by atoms with Crippen molar-refractivity contribution in [3.05, 3.63) is 72.1 Å². The van der Waals surface area contributed by atoms with E-state index in [1.165, 1.54) is 4.90 Å². The molecule has 2 aromatic carbocycles. The molecule has 11 nitrogen and oxygen atoms in total. The maximum absolute atomic E-state index is 14.0. The fourth-order valence-electron chi connectivity index (χ4n) is 5.59. The average molecular weight is 591 g/mol. The van der Waals surface area contributed by atoms with Crippen LogP contribution in [0.4, 0.5) is 0 Å². The highest BCUT2D eigenvalue weighted by Crippen LogP contribution is 2.24. The minimum Gasteiger partial charge on any atom is -0.480 e. The molecule has 0 spiro atoms. The van der Waals surface area contributed by atoms with Crippen LogP contribution < -0.4 is 16.4 Å². The van der Waals surface area contributed by atoms with E-state index < -0.39 is 47.9 Å². The minimum atomic E-state index is -1.21. The van der Waals surface area contributed by atoms with E-state index >= 15 is 0 Å². The van der Waals surface area contributed by atoms with Gasteiger partial charge in [-0.3, -0.25) is 14.4 Å². The molecule has 12 heteroatoms. The zero-order chi connectivity index (χ0) is 29.8. The number of hydrogen-bond donors (Lipinski definition) is 7. The molecule has 1 aliphatic heterocycles. The number of fused-ring (bicyclic) bond motifs is 2. The molecule has 0 radical (unpaired) electrons. The van der Waals surface area contributed by atoms with Gasteiger partial charge in [-0.05, 0) is 42.5 Å². The Morgan fingerprint density at radius 3 is 2.12 bits per heavy atom. The van der Waals surface area contributed by atoms with E-state index in [0.29, 0.717) is 19.4 Å². The van der Waals surface area contributed by atoms with Gasteiger partial charge in [-0.15, -0.1) is 0 Å². The Labute approximate surface area is 247 Å². The number of para-hydroxylation sites is 2. The summed E-state index contributed by atoms with van der Waals surface area (Å²) in [6, 6.07) is 11.4. The van der Waals surface area contributed by atoms with Crippen LogP contribution in [0.2, 0.25) is 0 Å². The summed E-state index contributed by atoms with van der Waals surface area (Å²) in [5, 5.41) is 16.6. The van der Waals surface area contributed by atoms with Gasteiger partial charge in [-0.25, -0.2) is 4.79 Å². The van der Waals surface area contributed by atoms with E-state index in [4.69, 9.17) is 5.73 Å². The molecule has 0 bridgehead atoms. The summed E-state index contributed by atoms with van der Waals surface area (Å²) in [6.45, 7) is 0.303. The lowest BCUT2D eigenvalue weighted by Crippen LogP contribution is -2.57. The quantitative estimate of drug-likeness (QED) is 0.131. The van der Waals surface area contributed by atoms with Crippen LogP contribution in [0.5, 0.6) is 0 Å². The van der Waals surface area contributed by atoms with Gasteiger partial charge < -0.3 is 36.3 Å². The maximum atomic E-state index is 14.0. The van der Waals surface area contributed by atoms with Gasteiger partial charge in [-0.2, -0.15) is 12.6 Å². The number of aromatic amines is 2.